The molecule has 0 aliphatic heterocycles. The Labute approximate surface area is 210 Å². The molecule has 0 aliphatic rings. The van der Waals surface area contributed by atoms with Crippen LogP contribution in [-0.2, 0) is 11.2 Å². The molecule has 1 rings (SSSR count). The summed E-state index contributed by atoms with van der Waals surface area (Å²) in [6.07, 6.45) is 27.3. The minimum Gasteiger partial charge on any atom is -0.494 e. The molecule has 2 nitrogen and oxygen atoms in total. The standard InChI is InChI=1S/C30H44O2.C2H6/c1-4-7-8-9-10-11-12-13-14-15-18-27(16-5-2)25-26-32-30-23-20-28(21-24-30)19-22-29(31)17-6-3;1-2/h7-8,11-15,18,20-21,23-24,27H,4-6,9-10,16-17,19,22,25-26H2,1-3H3;1-2H3/b8-7-,12-11+,14-13-,18-15+;. The fraction of sp³-hybridized carbons (Fsp3) is 0.531. The third-order valence-electron chi connectivity index (χ3n) is 5.32. The summed E-state index contributed by atoms with van der Waals surface area (Å²) >= 11 is 0. The largest absolute Gasteiger partial charge is 0.494 e. The van der Waals surface area contributed by atoms with Crippen molar-refractivity contribution in [3.05, 3.63) is 78.4 Å². The highest BCUT2D eigenvalue weighted by Gasteiger charge is 2.05. The Kier molecular flexibility index (Phi) is 22.2. The van der Waals surface area contributed by atoms with Crippen LogP contribution in [0.2, 0.25) is 0 Å². The van der Waals surface area contributed by atoms with Gasteiger partial charge in [0, 0.05) is 12.8 Å². The molecule has 0 saturated carbocycles. The van der Waals surface area contributed by atoms with Gasteiger partial charge in [-0.15, -0.1) is 0 Å². The molecule has 0 radical (unpaired) electrons. The van der Waals surface area contributed by atoms with Crippen molar-refractivity contribution >= 4 is 5.78 Å². The fourth-order valence-corrected chi connectivity index (χ4v) is 3.48. The van der Waals surface area contributed by atoms with Crippen molar-refractivity contribution in [1.82, 2.24) is 0 Å². The van der Waals surface area contributed by atoms with E-state index in [1.165, 1.54) is 18.4 Å². The molecule has 1 aromatic carbocycles. The van der Waals surface area contributed by atoms with Crippen LogP contribution < -0.4 is 4.74 Å². The molecule has 0 heterocycles. The Morgan fingerprint density at radius 3 is 2.21 bits per heavy atom. The normalized spacial score (nSPS) is 12.5. The van der Waals surface area contributed by atoms with Gasteiger partial charge in [-0.25, -0.2) is 0 Å². The highest BCUT2D eigenvalue weighted by Crippen LogP contribution is 2.17. The van der Waals surface area contributed by atoms with Gasteiger partial charge in [0.25, 0.3) is 0 Å². The van der Waals surface area contributed by atoms with Crippen LogP contribution in [0.4, 0.5) is 0 Å². The lowest BCUT2D eigenvalue weighted by atomic mass is 9.99. The minimum absolute atomic E-state index is 0.355. The molecule has 190 valence electrons. The van der Waals surface area contributed by atoms with Gasteiger partial charge in [0.05, 0.1) is 6.61 Å². The van der Waals surface area contributed by atoms with E-state index in [0.717, 1.165) is 50.9 Å². The maximum absolute atomic E-state index is 11.7. The summed E-state index contributed by atoms with van der Waals surface area (Å²) in [6, 6.07) is 8.21. The molecule has 0 N–H and O–H groups in total. The maximum atomic E-state index is 11.7. The summed E-state index contributed by atoms with van der Waals surface area (Å²) in [4.78, 5) is 11.7. The van der Waals surface area contributed by atoms with Gasteiger partial charge >= 0.3 is 0 Å². The Balaban J connectivity index is 0.00000529. The van der Waals surface area contributed by atoms with Gasteiger partial charge in [0.2, 0.25) is 0 Å². The molecule has 1 atom stereocenters. The highest BCUT2D eigenvalue weighted by molar-refractivity contribution is 5.78. The summed E-state index contributed by atoms with van der Waals surface area (Å²) in [7, 11) is 0. The zero-order chi connectivity index (χ0) is 25.3. The molecule has 0 spiro atoms. The summed E-state index contributed by atoms with van der Waals surface area (Å²) < 4.78 is 5.97. The van der Waals surface area contributed by atoms with E-state index in [1.54, 1.807) is 0 Å². The summed E-state index contributed by atoms with van der Waals surface area (Å²) in [5, 5.41) is 0. The van der Waals surface area contributed by atoms with Crippen molar-refractivity contribution in [1.29, 1.82) is 0 Å². The van der Waals surface area contributed by atoms with E-state index in [9.17, 15) is 4.79 Å². The first-order chi connectivity index (χ1) is 16.7. The van der Waals surface area contributed by atoms with E-state index < -0.39 is 0 Å². The highest BCUT2D eigenvalue weighted by atomic mass is 16.5. The fourth-order valence-electron chi connectivity index (χ4n) is 3.48. The molecular weight excluding hydrogens is 416 g/mol. The molecule has 1 aromatic rings. The van der Waals surface area contributed by atoms with Crippen LogP contribution in [0.3, 0.4) is 0 Å². The molecule has 0 fully saturated rings. The molecule has 0 bridgehead atoms. The van der Waals surface area contributed by atoms with Gasteiger partial charge in [0.15, 0.2) is 0 Å². The number of ketones is 1. The Hall–Kier alpha value is -2.35. The van der Waals surface area contributed by atoms with Crippen molar-refractivity contribution in [2.75, 3.05) is 6.61 Å². The zero-order valence-electron chi connectivity index (χ0n) is 22.6. The van der Waals surface area contributed by atoms with Gasteiger partial charge in [-0.05, 0) is 68.6 Å². The van der Waals surface area contributed by atoms with Crippen LogP contribution in [0, 0.1) is 5.92 Å². The Morgan fingerprint density at radius 1 is 0.824 bits per heavy atom. The van der Waals surface area contributed by atoms with Gasteiger partial charge in [-0.3, -0.25) is 4.79 Å². The monoisotopic (exact) mass is 466 g/mol. The maximum Gasteiger partial charge on any atom is 0.133 e. The van der Waals surface area contributed by atoms with Gasteiger partial charge in [0.1, 0.15) is 11.5 Å². The lowest BCUT2D eigenvalue weighted by Crippen LogP contribution is -2.05. The van der Waals surface area contributed by atoms with Crippen molar-refractivity contribution in [2.24, 2.45) is 5.92 Å². The van der Waals surface area contributed by atoms with Gasteiger partial charge in [-0.2, -0.15) is 0 Å². The number of unbranched alkanes of at least 4 members (excludes halogenated alkanes) is 1. The second-order valence-electron chi connectivity index (χ2n) is 8.27. The van der Waals surface area contributed by atoms with Gasteiger partial charge in [-0.1, -0.05) is 102 Å². The Morgan fingerprint density at radius 2 is 1.53 bits per heavy atom. The lowest BCUT2D eigenvalue weighted by molar-refractivity contribution is -0.119. The van der Waals surface area contributed by atoms with Crippen LogP contribution in [-0.4, -0.2) is 12.4 Å². The predicted octanol–water partition coefficient (Wildman–Crippen LogP) is 9.61. The number of hydrogen-bond donors (Lipinski definition) is 0. The quantitative estimate of drug-likeness (QED) is 0.122. The number of hydrogen-bond acceptors (Lipinski definition) is 2. The summed E-state index contributed by atoms with van der Waals surface area (Å²) in [5.74, 6) is 1.80. The second-order valence-corrected chi connectivity index (χ2v) is 8.27. The van der Waals surface area contributed by atoms with Crippen LogP contribution >= 0.6 is 0 Å². The second kappa shape index (κ2) is 23.8. The molecule has 2 heteroatoms. The van der Waals surface area contributed by atoms with E-state index in [1.807, 2.05) is 32.9 Å². The molecule has 34 heavy (non-hydrogen) atoms. The third-order valence-corrected chi connectivity index (χ3v) is 5.32. The number of aryl methyl sites for hydroxylation is 1. The number of carbonyl (C=O) groups excluding carboxylic acids is 1. The summed E-state index contributed by atoms with van der Waals surface area (Å²) in [5.41, 5.74) is 1.20. The van der Waals surface area contributed by atoms with E-state index in [-0.39, 0.29) is 0 Å². The number of Topliss-reactive ketones (excluding diaryl/α,β-unsaturated/α-hetero) is 1. The van der Waals surface area contributed by atoms with E-state index >= 15 is 0 Å². The first-order valence-electron chi connectivity index (χ1n) is 13.6. The number of allylic oxidation sites excluding steroid dienone is 8. The molecule has 0 aromatic heterocycles. The van der Waals surface area contributed by atoms with E-state index in [2.05, 4.69) is 74.6 Å². The average molecular weight is 467 g/mol. The predicted molar refractivity (Wildman–Crippen MR) is 151 cm³/mol. The van der Waals surface area contributed by atoms with Crippen molar-refractivity contribution in [3.63, 3.8) is 0 Å². The molecule has 0 aliphatic carbocycles. The molecular formula is C32H50O2. The van der Waals surface area contributed by atoms with E-state index in [0.29, 0.717) is 24.5 Å². The van der Waals surface area contributed by atoms with E-state index in [4.69, 9.17) is 4.74 Å². The third kappa shape index (κ3) is 18.1. The van der Waals surface area contributed by atoms with Crippen LogP contribution in [0.15, 0.2) is 72.9 Å². The SMILES string of the molecule is CC.CC/C=C\CC/C=C/C=C\C=C\C(CCC)CCOc1ccc(CCC(=O)CCC)cc1. The molecule has 0 saturated heterocycles. The first kappa shape index (κ1) is 31.6. The van der Waals surface area contributed by atoms with Crippen LogP contribution in [0.5, 0.6) is 5.75 Å². The van der Waals surface area contributed by atoms with Crippen molar-refractivity contribution < 1.29 is 9.53 Å². The lowest BCUT2D eigenvalue weighted by Gasteiger charge is -2.13. The zero-order valence-corrected chi connectivity index (χ0v) is 22.6. The van der Waals surface area contributed by atoms with Crippen LogP contribution in [0.1, 0.15) is 98.0 Å². The summed E-state index contributed by atoms with van der Waals surface area (Å²) in [6.45, 7) is 11.2. The minimum atomic E-state index is 0.355. The molecule has 1 unspecified atom stereocenters. The number of ether oxygens (including phenoxy) is 1. The topological polar surface area (TPSA) is 26.3 Å². The molecule has 0 amide bonds. The Bertz CT molecular complexity index is 707. The number of benzene rings is 1. The van der Waals surface area contributed by atoms with Crippen molar-refractivity contribution in [3.8, 4) is 5.75 Å². The van der Waals surface area contributed by atoms with Crippen LogP contribution in [0.25, 0.3) is 0 Å². The average Bonchev–Trinajstić information content (AvgIpc) is 2.86. The van der Waals surface area contributed by atoms with Crippen molar-refractivity contribution in [2.45, 2.75) is 98.8 Å². The number of carbonyl (C=O) groups is 1. The number of rotatable bonds is 18. The smallest absolute Gasteiger partial charge is 0.133 e. The van der Waals surface area contributed by atoms with Gasteiger partial charge < -0.3 is 4.74 Å². The first-order valence-corrected chi connectivity index (χ1v) is 13.6.